The van der Waals surface area contributed by atoms with Crippen molar-refractivity contribution in [3.05, 3.63) is 6.42 Å². The minimum atomic E-state index is 0.281. The van der Waals surface area contributed by atoms with Gasteiger partial charge >= 0.3 is 0 Å². The smallest absolute Gasteiger partial charge is 0.123 e. The van der Waals surface area contributed by atoms with Crippen LogP contribution in [0.5, 0.6) is 0 Å². The Balaban J connectivity index is 2.22. The second-order valence-electron chi connectivity index (χ2n) is 2.32. The third-order valence-electron chi connectivity index (χ3n) is 1.64. The minimum Gasteiger partial charge on any atom is -0.303 e. The van der Waals surface area contributed by atoms with Gasteiger partial charge in [-0.05, 0) is 19.3 Å². The molecule has 1 unspecified atom stereocenters. The molecule has 1 rings (SSSR count). The predicted octanol–water partition coefficient (Wildman–Crippen LogP) is 1.58. The van der Waals surface area contributed by atoms with Crippen molar-refractivity contribution in [2.24, 2.45) is 5.92 Å². The third kappa shape index (κ3) is 1.32. The van der Waals surface area contributed by atoms with Crippen LogP contribution in [0.1, 0.15) is 25.7 Å². The molecule has 0 aliphatic heterocycles. The van der Waals surface area contributed by atoms with Gasteiger partial charge in [-0.2, -0.15) is 0 Å². The molecule has 0 saturated heterocycles. The van der Waals surface area contributed by atoms with E-state index < -0.39 is 0 Å². The van der Waals surface area contributed by atoms with Gasteiger partial charge in [0.25, 0.3) is 0 Å². The van der Waals surface area contributed by atoms with E-state index in [-0.39, 0.29) is 5.92 Å². The molecule has 0 heterocycles. The highest BCUT2D eigenvalue weighted by Crippen LogP contribution is 2.20. The van der Waals surface area contributed by atoms with Gasteiger partial charge in [-0.15, -0.1) is 0 Å². The van der Waals surface area contributed by atoms with Crippen molar-refractivity contribution in [3.63, 3.8) is 0 Å². The minimum absolute atomic E-state index is 0.281. The lowest BCUT2D eigenvalue weighted by Gasteiger charge is -2.14. The molecule has 45 valence electrons. The molecule has 1 aliphatic rings. The van der Waals surface area contributed by atoms with E-state index in [0.29, 0.717) is 0 Å². The molecule has 0 spiro atoms. The van der Waals surface area contributed by atoms with Crippen LogP contribution in [0, 0.1) is 12.3 Å². The van der Waals surface area contributed by atoms with Gasteiger partial charge in [0, 0.05) is 5.92 Å². The van der Waals surface area contributed by atoms with Crippen molar-refractivity contribution in [1.29, 1.82) is 0 Å². The van der Waals surface area contributed by atoms with E-state index in [1.54, 1.807) is 0 Å². The summed E-state index contributed by atoms with van der Waals surface area (Å²) in [4.78, 5) is 10.1. The summed E-state index contributed by atoms with van der Waals surface area (Å²) < 4.78 is 0. The normalized spacial score (nSPS) is 23.0. The second-order valence-corrected chi connectivity index (χ2v) is 2.32. The molecular formula is C7H11O. The highest BCUT2D eigenvalue weighted by Gasteiger charge is 2.10. The lowest BCUT2D eigenvalue weighted by molar-refractivity contribution is -0.110. The largest absolute Gasteiger partial charge is 0.303 e. The Labute approximate surface area is 50.1 Å². The zero-order valence-electron chi connectivity index (χ0n) is 4.97. The average Bonchev–Trinajstić information content (AvgIpc) is 1.90. The maximum Gasteiger partial charge on any atom is 0.123 e. The summed E-state index contributed by atoms with van der Waals surface area (Å²) in [5, 5.41) is 0. The number of carbonyl (C=O) groups excluding carboxylic acids is 1. The van der Waals surface area contributed by atoms with E-state index in [0.717, 1.165) is 19.1 Å². The van der Waals surface area contributed by atoms with Gasteiger partial charge in [0.2, 0.25) is 0 Å². The Morgan fingerprint density at radius 1 is 1.50 bits per heavy atom. The Bertz CT molecular complexity index is 72.5. The number of aldehydes is 1. The highest BCUT2D eigenvalue weighted by atomic mass is 16.1. The Hall–Kier alpha value is -0.330. The van der Waals surface area contributed by atoms with Crippen LogP contribution < -0.4 is 0 Å². The fourth-order valence-electron chi connectivity index (χ4n) is 1.10. The molecule has 1 saturated carbocycles. The van der Waals surface area contributed by atoms with E-state index in [2.05, 4.69) is 6.42 Å². The summed E-state index contributed by atoms with van der Waals surface area (Å²) in [6.07, 6.45) is 7.92. The molecule has 1 heteroatoms. The molecule has 8 heavy (non-hydrogen) atoms. The predicted molar refractivity (Wildman–Crippen MR) is 32.3 cm³/mol. The molecule has 0 aromatic carbocycles. The van der Waals surface area contributed by atoms with E-state index in [1.165, 1.54) is 12.8 Å². The first kappa shape index (κ1) is 5.80. The first-order valence-electron chi connectivity index (χ1n) is 3.22. The van der Waals surface area contributed by atoms with Gasteiger partial charge in [-0.3, -0.25) is 0 Å². The number of rotatable bonds is 1. The van der Waals surface area contributed by atoms with Crippen molar-refractivity contribution in [2.45, 2.75) is 25.7 Å². The molecule has 0 aromatic rings. The summed E-state index contributed by atoms with van der Waals surface area (Å²) in [7, 11) is 0. The molecule has 0 N–H and O–H groups in total. The molecule has 0 bridgehead atoms. The molecular weight excluding hydrogens is 100 g/mol. The monoisotopic (exact) mass is 111 g/mol. The van der Waals surface area contributed by atoms with Crippen molar-refractivity contribution in [1.82, 2.24) is 0 Å². The average molecular weight is 111 g/mol. The van der Waals surface area contributed by atoms with E-state index in [9.17, 15) is 4.79 Å². The van der Waals surface area contributed by atoms with Crippen LogP contribution >= 0.6 is 0 Å². The second kappa shape index (κ2) is 2.85. The van der Waals surface area contributed by atoms with E-state index in [1.807, 2.05) is 0 Å². The van der Waals surface area contributed by atoms with Crippen LogP contribution in [0.15, 0.2) is 0 Å². The Kier molecular flexibility index (Phi) is 2.07. The van der Waals surface area contributed by atoms with Crippen molar-refractivity contribution in [3.8, 4) is 0 Å². The molecule has 0 aromatic heterocycles. The molecule has 1 nitrogen and oxygen atoms in total. The lowest BCUT2D eigenvalue weighted by Crippen LogP contribution is -2.07. The maximum absolute atomic E-state index is 10.1. The molecule has 1 radical (unpaired) electrons. The standard InChI is InChI=1S/C7H11O/c8-6-7-4-2-1-3-5-7/h4,6-7H,1-3,5H2. The topological polar surface area (TPSA) is 17.1 Å². The first-order chi connectivity index (χ1) is 3.93. The summed E-state index contributed by atoms with van der Waals surface area (Å²) in [6.45, 7) is 0. The van der Waals surface area contributed by atoms with Crippen LogP contribution in [0.25, 0.3) is 0 Å². The van der Waals surface area contributed by atoms with Crippen LogP contribution in [-0.4, -0.2) is 6.29 Å². The van der Waals surface area contributed by atoms with Gasteiger partial charge in [0.05, 0.1) is 0 Å². The van der Waals surface area contributed by atoms with E-state index in [4.69, 9.17) is 0 Å². The zero-order valence-corrected chi connectivity index (χ0v) is 4.97. The third-order valence-corrected chi connectivity index (χ3v) is 1.64. The number of carbonyl (C=O) groups is 1. The summed E-state index contributed by atoms with van der Waals surface area (Å²) in [5.41, 5.74) is 0. The van der Waals surface area contributed by atoms with Crippen LogP contribution in [0.2, 0.25) is 0 Å². The van der Waals surface area contributed by atoms with Gasteiger partial charge < -0.3 is 4.79 Å². The number of hydrogen-bond acceptors (Lipinski definition) is 1. The summed E-state index contributed by atoms with van der Waals surface area (Å²) in [6, 6.07) is 0. The van der Waals surface area contributed by atoms with Crippen LogP contribution in [0.3, 0.4) is 0 Å². The fraction of sp³-hybridized carbons (Fsp3) is 0.714. The van der Waals surface area contributed by atoms with E-state index >= 15 is 0 Å². The SMILES string of the molecule is O=CC1[CH]CCCC1. The summed E-state index contributed by atoms with van der Waals surface area (Å²) >= 11 is 0. The van der Waals surface area contributed by atoms with Crippen molar-refractivity contribution in [2.75, 3.05) is 0 Å². The van der Waals surface area contributed by atoms with Gasteiger partial charge in [0.15, 0.2) is 0 Å². The lowest BCUT2D eigenvalue weighted by atomic mass is 9.91. The van der Waals surface area contributed by atoms with Gasteiger partial charge in [0.1, 0.15) is 6.29 Å². The maximum atomic E-state index is 10.1. The van der Waals surface area contributed by atoms with Crippen LogP contribution in [-0.2, 0) is 4.79 Å². The van der Waals surface area contributed by atoms with Gasteiger partial charge in [-0.1, -0.05) is 12.8 Å². The number of hydrogen-bond donors (Lipinski definition) is 0. The quantitative estimate of drug-likeness (QED) is 0.469. The fourth-order valence-corrected chi connectivity index (χ4v) is 1.10. The Morgan fingerprint density at radius 3 is 2.75 bits per heavy atom. The molecule has 1 fully saturated rings. The highest BCUT2D eigenvalue weighted by molar-refractivity contribution is 5.55. The van der Waals surface area contributed by atoms with Crippen LogP contribution in [0.4, 0.5) is 0 Å². The Morgan fingerprint density at radius 2 is 2.38 bits per heavy atom. The van der Waals surface area contributed by atoms with Gasteiger partial charge in [-0.25, -0.2) is 0 Å². The summed E-state index contributed by atoms with van der Waals surface area (Å²) in [5.74, 6) is 0.281. The van der Waals surface area contributed by atoms with Crippen molar-refractivity contribution < 1.29 is 4.79 Å². The molecule has 1 aliphatic carbocycles. The van der Waals surface area contributed by atoms with Crippen molar-refractivity contribution >= 4 is 6.29 Å². The zero-order chi connectivity index (χ0) is 5.82. The first-order valence-corrected chi connectivity index (χ1v) is 3.22. The molecule has 0 amide bonds. The molecule has 1 atom stereocenters.